The van der Waals surface area contributed by atoms with Gasteiger partial charge in [-0.25, -0.2) is 4.57 Å². The Morgan fingerprint density at radius 1 is 0.922 bits per heavy atom. The molecule has 8 aromatic rings. The zero-order valence-corrected chi connectivity index (χ0v) is 43.0. The third kappa shape index (κ3) is 10.4. The van der Waals surface area contributed by atoms with E-state index in [-0.39, 0.29) is 70.0 Å². The number of pyridine rings is 1. The maximum absolute atomic E-state index is 14.5. The number of aromatic nitrogens is 8. The normalized spacial score (nSPS) is 14.0. The summed E-state index contributed by atoms with van der Waals surface area (Å²) in [6.07, 6.45) is 11.0. The molecule has 1 aliphatic heterocycles. The third-order valence-electron chi connectivity index (χ3n) is 14.1. The molecule has 4 aromatic heterocycles. The molecule has 0 bridgehead atoms. The highest BCUT2D eigenvalue weighted by Gasteiger charge is 2.36. The molecule has 1 aliphatic carbocycles. The van der Waals surface area contributed by atoms with E-state index in [1.54, 1.807) is 64.4 Å². The fraction of sp³-hybridized carbons (Fsp3) is 0.286. The summed E-state index contributed by atoms with van der Waals surface area (Å²) in [5.41, 5.74) is 12.1. The van der Waals surface area contributed by atoms with Crippen LogP contribution in [0.2, 0.25) is 0 Å². The molecule has 394 valence electrons. The van der Waals surface area contributed by atoms with Crippen molar-refractivity contribution in [2.24, 2.45) is 5.92 Å². The minimum atomic E-state index is -0.744. The van der Waals surface area contributed by atoms with Gasteiger partial charge in [0.2, 0.25) is 5.82 Å². The summed E-state index contributed by atoms with van der Waals surface area (Å²) >= 11 is 0. The number of hydrogen-bond acceptors (Lipinski definition) is 14. The monoisotopic (exact) mass is 1040 g/mol. The number of phenolic OH excluding ortho intramolecular Hbond substituents is 2. The van der Waals surface area contributed by atoms with E-state index in [9.17, 15) is 30.6 Å². The number of benzene rings is 4. The first-order chi connectivity index (χ1) is 37.3. The average molecular weight is 1040 g/mol. The van der Waals surface area contributed by atoms with Crippen molar-refractivity contribution in [2.45, 2.75) is 52.4 Å². The molecule has 0 radical (unpaired) electrons. The quantitative estimate of drug-likeness (QED) is 0.0227. The molecule has 21 nitrogen and oxygen atoms in total. The van der Waals surface area contributed by atoms with E-state index >= 15 is 0 Å². The van der Waals surface area contributed by atoms with Crippen LogP contribution in [-0.4, -0.2) is 125 Å². The van der Waals surface area contributed by atoms with Crippen molar-refractivity contribution in [3.05, 3.63) is 132 Å². The van der Waals surface area contributed by atoms with Crippen LogP contribution in [0.15, 0.2) is 110 Å². The largest absolute Gasteiger partial charge is 0.507 e. The molecule has 2 amide bonds. The second-order valence-corrected chi connectivity index (χ2v) is 19.5. The number of hydrogen-bond donors (Lipinski definition) is 9. The summed E-state index contributed by atoms with van der Waals surface area (Å²) in [7, 11) is 0. The maximum atomic E-state index is 14.5. The van der Waals surface area contributed by atoms with Gasteiger partial charge in [0, 0.05) is 96.9 Å². The van der Waals surface area contributed by atoms with E-state index in [4.69, 9.17) is 31.1 Å². The fourth-order valence-electron chi connectivity index (χ4n) is 10.0. The number of fused-ring (bicyclic) bond motifs is 1. The van der Waals surface area contributed by atoms with E-state index in [1.807, 2.05) is 63.2 Å². The lowest BCUT2D eigenvalue weighted by atomic mass is 9.95. The Morgan fingerprint density at radius 2 is 1.66 bits per heavy atom. The molecule has 0 atom stereocenters. The van der Waals surface area contributed by atoms with Crippen LogP contribution in [0.5, 0.6) is 11.5 Å². The van der Waals surface area contributed by atoms with Crippen molar-refractivity contribution >= 4 is 51.5 Å². The highest BCUT2D eigenvalue weighted by molar-refractivity contribution is 6.48. The highest BCUT2D eigenvalue weighted by atomic mass is 16.5. The predicted octanol–water partition coefficient (Wildman–Crippen LogP) is 6.62. The number of nitrogen functional groups attached to an aromatic ring is 1. The maximum Gasteiger partial charge on any atom is 0.326 e. The summed E-state index contributed by atoms with van der Waals surface area (Å²) in [5.74, 6) is -1.91. The van der Waals surface area contributed by atoms with Gasteiger partial charge in [0.25, 0.3) is 5.91 Å². The smallest absolute Gasteiger partial charge is 0.326 e. The third-order valence-corrected chi connectivity index (χ3v) is 14.1. The summed E-state index contributed by atoms with van der Waals surface area (Å²) in [4.78, 5) is 40.6. The molecular formula is C56H61N16O5+. The predicted molar refractivity (Wildman–Crippen MR) is 293 cm³/mol. The highest BCUT2D eigenvalue weighted by Crippen LogP contribution is 2.41. The number of carbonyl (C=O) groups is 2. The summed E-state index contributed by atoms with van der Waals surface area (Å²) in [6.45, 7) is 9.20. The summed E-state index contributed by atoms with van der Waals surface area (Å²) in [6, 6.07) is 24.4. The van der Waals surface area contributed by atoms with Gasteiger partial charge >= 0.3 is 17.5 Å². The lowest BCUT2D eigenvalue weighted by Crippen LogP contribution is -2.48. The van der Waals surface area contributed by atoms with Gasteiger partial charge in [0.05, 0.1) is 41.7 Å². The number of aromatic amines is 1. The number of carbonyl (C=O) groups excluding carboxylic acids is 2. The number of rotatable bonds is 15. The topological polar surface area (TPSA) is 293 Å². The van der Waals surface area contributed by atoms with Crippen molar-refractivity contribution in [2.75, 3.05) is 56.6 Å². The molecule has 21 heteroatoms. The Kier molecular flexibility index (Phi) is 14.7. The molecule has 77 heavy (non-hydrogen) atoms. The van der Waals surface area contributed by atoms with Gasteiger partial charge in [-0.1, -0.05) is 59.7 Å². The van der Waals surface area contributed by atoms with Gasteiger partial charge in [-0.3, -0.25) is 44.9 Å². The molecule has 5 heterocycles. The van der Waals surface area contributed by atoms with Crippen LogP contribution in [0.25, 0.3) is 50.6 Å². The minimum Gasteiger partial charge on any atom is -0.507 e. The fourth-order valence-corrected chi connectivity index (χ4v) is 10.0. The molecule has 1 saturated carbocycles. The van der Waals surface area contributed by atoms with Crippen LogP contribution in [0.1, 0.15) is 79.8 Å². The van der Waals surface area contributed by atoms with Crippen LogP contribution in [0, 0.1) is 22.1 Å². The first-order valence-corrected chi connectivity index (χ1v) is 25.8. The van der Waals surface area contributed by atoms with Crippen molar-refractivity contribution in [3.63, 3.8) is 0 Å². The molecule has 0 spiro atoms. The zero-order chi connectivity index (χ0) is 53.9. The number of phenols is 2. The number of amides is 2. The van der Waals surface area contributed by atoms with Gasteiger partial charge in [0.1, 0.15) is 23.0 Å². The Bertz CT molecular complexity index is 3520. The number of imidazole rings is 1. The SMILES string of the molecule is CCNC(=O)c1n(-c2ccc(-c3cccnc3)cc2)c(-c2cc3c(C4CCCC4)n[nH]c3cc2O)n[n+]1-c1cn(-c2ccc(N(C(=N)C(=O)NCCN3CCOCC3)C(=N)c3cc(C(=N)C(C)C)c(N)cc3O)cc2)cn1. The average Bonchev–Trinajstić information content (AvgIpc) is 4.38. The van der Waals surface area contributed by atoms with Crippen LogP contribution in [0.4, 0.5) is 11.4 Å². The second-order valence-electron chi connectivity index (χ2n) is 19.5. The lowest BCUT2D eigenvalue weighted by Gasteiger charge is -2.28. The van der Waals surface area contributed by atoms with E-state index in [2.05, 4.69) is 25.6 Å². The molecule has 10 N–H and O–H groups in total. The van der Waals surface area contributed by atoms with Crippen LogP contribution in [0.3, 0.4) is 0 Å². The van der Waals surface area contributed by atoms with Crippen LogP contribution >= 0.6 is 0 Å². The van der Waals surface area contributed by atoms with Crippen molar-refractivity contribution in [1.82, 2.24) is 49.9 Å². The lowest BCUT2D eigenvalue weighted by molar-refractivity contribution is -0.662. The second kappa shape index (κ2) is 22.0. The first kappa shape index (κ1) is 51.4. The zero-order valence-electron chi connectivity index (χ0n) is 43.0. The van der Waals surface area contributed by atoms with Crippen molar-refractivity contribution in [1.29, 1.82) is 16.2 Å². The summed E-state index contributed by atoms with van der Waals surface area (Å²) in [5, 5.41) is 70.0. The summed E-state index contributed by atoms with van der Waals surface area (Å²) < 4.78 is 10.3. The van der Waals surface area contributed by atoms with Gasteiger partial charge in [-0.15, -0.1) is 0 Å². The number of nitrogens with two attached hydrogens (primary N) is 1. The number of nitrogens with one attached hydrogen (secondary N) is 6. The molecular weight excluding hydrogens is 977 g/mol. The number of aromatic hydroxyl groups is 2. The first-order valence-electron chi connectivity index (χ1n) is 25.8. The number of nitrogens with zero attached hydrogens (tertiary/aromatic N) is 9. The Balaban J connectivity index is 1.04. The minimum absolute atomic E-state index is 0.0377. The standard InChI is InChI=1S/C56H60N16O5/c1-4-62-55(76)56-71(39-13-11-34(12-14-39)36-10-7-19-61-30-36)53(43-27-41-45(29-47(43)74)65-66-50(41)35-8-5-6-9-35)67-72(56)48-31-69(32-64-48)37-15-17-38(18-16-37)70(52(60)54(75)63-20-21-68-22-24-77-25-23-68)51(59)42-26-40(49(58)33(2)3)44(57)28-46(42)73/h7,10-19,26-33,35,60,62H,4-6,8-9,20-25H2,1-3H3,(H7,57,58,59,63,73,75,76)/p+1. The molecule has 1 saturated heterocycles. The molecule has 10 rings (SSSR count). The van der Waals surface area contributed by atoms with Gasteiger partial charge < -0.3 is 36.7 Å². The van der Waals surface area contributed by atoms with Gasteiger partial charge in [-0.05, 0) is 91.4 Å². The van der Waals surface area contributed by atoms with Crippen molar-refractivity contribution in [3.8, 4) is 51.2 Å². The number of H-pyrrole nitrogens is 1. The Labute approximate surface area is 443 Å². The molecule has 2 aliphatic rings. The van der Waals surface area contributed by atoms with Crippen molar-refractivity contribution < 1.29 is 29.2 Å². The number of amidine groups is 2. The number of anilines is 2. The number of ether oxygens (including phenoxy) is 1. The Morgan fingerprint density at radius 3 is 2.36 bits per heavy atom. The number of morpholine rings is 1. The van der Waals surface area contributed by atoms with E-state index in [0.717, 1.165) is 52.8 Å². The van der Waals surface area contributed by atoms with E-state index < -0.39 is 23.5 Å². The van der Waals surface area contributed by atoms with E-state index in [0.29, 0.717) is 67.4 Å². The van der Waals surface area contributed by atoms with Gasteiger partial charge in [-0.2, -0.15) is 5.10 Å². The van der Waals surface area contributed by atoms with Crippen LogP contribution in [-0.2, 0) is 9.53 Å². The van der Waals surface area contributed by atoms with Crippen LogP contribution < -0.4 is 25.9 Å². The molecule has 0 unspecified atom stereocenters. The molecule has 2 fully saturated rings. The van der Waals surface area contributed by atoms with E-state index in [1.165, 1.54) is 16.8 Å². The van der Waals surface area contributed by atoms with Gasteiger partial charge in [0.15, 0.2) is 12.2 Å². The molecule has 4 aromatic carbocycles. The Hall–Kier alpha value is -9.08.